The summed E-state index contributed by atoms with van der Waals surface area (Å²) in [5.74, 6) is -0.585. The Morgan fingerprint density at radius 2 is 1.48 bits per heavy atom. The van der Waals surface area contributed by atoms with Gasteiger partial charge in [-0.15, -0.1) is 0 Å². The van der Waals surface area contributed by atoms with E-state index in [0.29, 0.717) is 18.6 Å². The molecule has 31 heavy (non-hydrogen) atoms. The third-order valence-electron chi connectivity index (χ3n) is 5.38. The van der Waals surface area contributed by atoms with Crippen LogP contribution >= 0.6 is 0 Å². The Labute approximate surface area is 180 Å². The molecular weight excluding hydrogens is 442 g/mol. The van der Waals surface area contributed by atoms with Crippen LogP contribution in [0, 0.1) is 0 Å². The highest BCUT2D eigenvalue weighted by atomic mass is 32.2. The highest BCUT2D eigenvalue weighted by molar-refractivity contribution is 7.92. The van der Waals surface area contributed by atoms with E-state index in [1.165, 1.54) is 58.4 Å². The summed E-state index contributed by atoms with van der Waals surface area (Å²) in [4.78, 5) is 11.7. The summed E-state index contributed by atoms with van der Waals surface area (Å²) < 4.78 is 61.4. The van der Waals surface area contributed by atoms with Crippen LogP contribution < -0.4 is 10.5 Å². The van der Waals surface area contributed by atoms with Gasteiger partial charge in [-0.25, -0.2) is 21.6 Å². The van der Waals surface area contributed by atoms with E-state index >= 15 is 0 Å². The summed E-state index contributed by atoms with van der Waals surface area (Å²) in [5, 5.41) is 0. The Morgan fingerprint density at radius 3 is 2.13 bits per heavy atom. The third kappa shape index (κ3) is 4.25. The molecule has 11 heteroatoms. The van der Waals surface area contributed by atoms with Gasteiger partial charge in [0.2, 0.25) is 10.0 Å². The number of oxazole rings is 1. The highest BCUT2D eigenvalue weighted by Gasteiger charge is 2.25. The molecule has 1 saturated heterocycles. The maximum atomic E-state index is 12.9. The number of nitrogens with one attached hydrogen (secondary N) is 1. The lowest BCUT2D eigenvalue weighted by molar-refractivity contribution is 0.424. The second kappa shape index (κ2) is 8.13. The molecule has 3 aromatic rings. The summed E-state index contributed by atoms with van der Waals surface area (Å²) in [6.07, 6.45) is 3.71. The molecule has 1 aliphatic heterocycles. The van der Waals surface area contributed by atoms with Crippen LogP contribution in [0.5, 0.6) is 0 Å². The number of hydrogen-bond donors (Lipinski definition) is 1. The molecule has 1 aromatic heterocycles. The van der Waals surface area contributed by atoms with Crippen LogP contribution in [0.4, 0.5) is 5.69 Å². The Balaban J connectivity index is 1.56. The molecule has 0 spiro atoms. The van der Waals surface area contributed by atoms with Gasteiger partial charge in [0.25, 0.3) is 10.0 Å². The lowest BCUT2D eigenvalue weighted by atomic mass is 10.2. The van der Waals surface area contributed by atoms with Gasteiger partial charge in [-0.05, 0) is 49.2 Å². The predicted molar refractivity (Wildman–Crippen MR) is 116 cm³/mol. The number of fused-ring (bicyclic) bond motifs is 1. The van der Waals surface area contributed by atoms with Gasteiger partial charge in [0.15, 0.2) is 5.58 Å². The number of aromatic nitrogens is 1. The van der Waals surface area contributed by atoms with Crippen LogP contribution in [-0.2, 0) is 27.1 Å². The van der Waals surface area contributed by atoms with Gasteiger partial charge in [0.05, 0.1) is 15.3 Å². The van der Waals surface area contributed by atoms with Crippen molar-refractivity contribution in [3.63, 3.8) is 0 Å². The topological polar surface area (TPSA) is 119 Å². The lowest BCUT2D eigenvalue weighted by Crippen LogP contribution is -2.31. The van der Waals surface area contributed by atoms with Crippen molar-refractivity contribution in [3.05, 3.63) is 53.0 Å². The van der Waals surface area contributed by atoms with Gasteiger partial charge in [-0.2, -0.15) is 4.31 Å². The molecule has 0 amide bonds. The first kappa shape index (κ1) is 21.6. The summed E-state index contributed by atoms with van der Waals surface area (Å²) in [7, 11) is -6.05. The molecule has 2 heterocycles. The number of sulfonamides is 2. The average Bonchev–Trinajstić information content (AvgIpc) is 2.92. The van der Waals surface area contributed by atoms with Gasteiger partial charge in [0.1, 0.15) is 0 Å². The van der Waals surface area contributed by atoms with Gasteiger partial charge in [-0.3, -0.25) is 9.29 Å². The smallest absolute Gasteiger partial charge is 0.408 e. The van der Waals surface area contributed by atoms with Crippen molar-refractivity contribution in [2.24, 2.45) is 7.05 Å². The number of hydrogen-bond acceptors (Lipinski definition) is 6. The van der Waals surface area contributed by atoms with Crippen LogP contribution in [-0.4, -0.2) is 38.8 Å². The maximum absolute atomic E-state index is 12.9. The summed E-state index contributed by atoms with van der Waals surface area (Å²) in [6, 6.07) is 9.78. The first-order valence-electron chi connectivity index (χ1n) is 9.91. The van der Waals surface area contributed by atoms with Crippen LogP contribution in [0.2, 0.25) is 0 Å². The van der Waals surface area contributed by atoms with Crippen molar-refractivity contribution >= 4 is 36.8 Å². The van der Waals surface area contributed by atoms with Crippen LogP contribution in [0.25, 0.3) is 11.1 Å². The van der Waals surface area contributed by atoms with Crippen molar-refractivity contribution in [2.45, 2.75) is 35.5 Å². The molecule has 1 aliphatic rings. The van der Waals surface area contributed by atoms with E-state index in [-0.39, 0.29) is 21.1 Å². The minimum absolute atomic E-state index is 0.0735. The zero-order chi connectivity index (χ0) is 22.2. The lowest BCUT2D eigenvalue weighted by Gasteiger charge is -2.20. The Hall–Kier alpha value is -2.63. The summed E-state index contributed by atoms with van der Waals surface area (Å²) in [6.45, 7) is 0.990. The van der Waals surface area contributed by atoms with E-state index in [2.05, 4.69) is 4.72 Å². The Bertz CT molecular complexity index is 1360. The van der Waals surface area contributed by atoms with E-state index < -0.39 is 25.8 Å². The fourth-order valence-corrected chi connectivity index (χ4v) is 6.21. The largest absolute Gasteiger partial charge is 0.419 e. The average molecular weight is 466 g/mol. The molecule has 1 fully saturated rings. The molecule has 0 bridgehead atoms. The molecule has 0 unspecified atom stereocenters. The van der Waals surface area contributed by atoms with Crippen LogP contribution in [0.15, 0.2) is 61.5 Å². The monoisotopic (exact) mass is 465 g/mol. The number of anilines is 1. The Kier molecular flexibility index (Phi) is 5.67. The SMILES string of the molecule is Cn1c(=O)oc2cc(S(=O)(=O)Nc3ccc(S(=O)(=O)N4CCCCCC4)cc3)ccc21. The van der Waals surface area contributed by atoms with Crippen molar-refractivity contribution in [1.29, 1.82) is 0 Å². The Morgan fingerprint density at radius 1 is 0.871 bits per heavy atom. The number of aryl methyl sites for hydroxylation is 1. The van der Waals surface area contributed by atoms with Crippen LogP contribution in [0.1, 0.15) is 25.7 Å². The molecule has 0 aliphatic carbocycles. The quantitative estimate of drug-likeness (QED) is 0.618. The van der Waals surface area contributed by atoms with E-state index in [1.54, 1.807) is 0 Å². The summed E-state index contributed by atoms with van der Waals surface area (Å²) in [5.41, 5.74) is 0.866. The molecule has 0 atom stereocenters. The fourth-order valence-electron chi connectivity index (χ4n) is 3.62. The predicted octanol–water partition coefficient (Wildman–Crippen LogP) is 2.50. The first-order chi connectivity index (χ1) is 14.7. The van der Waals surface area contributed by atoms with Gasteiger partial charge in [-0.1, -0.05) is 12.8 Å². The minimum atomic E-state index is -3.96. The molecule has 1 N–H and O–H groups in total. The van der Waals surface area contributed by atoms with Crippen molar-refractivity contribution in [1.82, 2.24) is 8.87 Å². The van der Waals surface area contributed by atoms with Crippen molar-refractivity contribution in [2.75, 3.05) is 17.8 Å². The molecular formula is C20H23N3O6S2. The number of rotatable bonds is 5. The number of nitrogens with zero attached hydrogens (tertiary/aromatic N) is 2. The molecule has 0 radical (unpaired) electrons. The molecule has 4 rings (SSSR count). The van der Waals surface area contributed by atoms with E-state index in [4.69, 9.17) is 4.42 Å². The molecule has 0 saturated carbocycles. The zero-order valence-electron chi connectivity index (χ0n) is 16.9. The van der Waals surface area contributed by atoms with Crippen molar-refractivity contribution in [3.8, 4) is 0 Å². The third-order valence-corrected chi connectivity index (χ3v) is 8.68. The summed E-state index contributed by atoms with van der Waals surface area (Å²) >= 11 is 0. The minimum Gasteiger partial charge on any atom is -0.408 e. The van der Waals surface area contributed by atoms with E-state index in [0.717, 1.165) is 25.7 Å². The zero-order valence-corrected chi connectivity index (χ0v) is 18.6. The maximum Gasteiger partial charge on any atom is 0.419 e. The molecule has 166 valence electrons. The van der Waals surface area contributed by atoms with Gasteiger partial charge >= 0.3 is 5.76 Å². The van der Waals surface area contributed by atoms with E-state index in [1.807, 2.05) is 0 Å². The second-order valence-electron chi connectivity index (χ2n) is 7.50. The van der Waals surface area contributed by atoms with Crippen molar-refractivity contribution < 1.29 is 21.3 Å². The fraction of sp³-hybridized carbons (Fsp3) is 0.350. The van der Waals surface area contributed by atoms with E-state index in [9.17, 15) is 21.6 Å². The normalized spacial score (nSPS) is 16.3. The number of benzene rings is 2. The van der Waals surface area contributed by atoms with Crippen LogP contribution in [0.3, 0.4) is 0 Å². The highest BCUT2D eigenvalue weighted by Crippen LogP contribution is 2.24. The second-order valence-corrected chi connectivity index (χ2v) is 11.1. The first-order valence-corrected chi connectivity index (χ1v) is 12.8. The standard InChI is InChI=1S/C20H23N3O6S2/c1-22-18-11-10-17(14-19(18)29-20(22)24)30(25,26)21-15-6-8-16(9-7-15)31(27,28)23-12-4-2-3-5-13-23/h6-11,14,21H,2-5,12-13H2,1H3. The molecule has 9 nitrogen and oxygen atoms in total. The van der Waals surface area contributed by atoms with Gasteiger partial charge < -0.3 is 4.42 Å². The van der Waals surface area contributed by atoms with Gasteiger partial charge in [0, 0.05) is 31.9 Å². The molecule has 2 aromatic carbocycles.